The number of hydrogen-bond donors (Lipinski definition) is 2. The Morgan fingerprint density at radius 2 is 1.81 bits per heavy atom. The lowest BCUT2D eigenvalue weighted by atomic mass is 10.3. The molecule has 21 heavy (non-hydrogen) atoms. The molecule has 0 bridgehead atoms. The van der Waals surface area contributed by atoms with Crippen molar-refractivity contribution in [2.45, 2.75) is 4.90 Å². The molecule has 0 saturated heterocycles. The molecule has 0 radical (unpaired) electrons. The van der Waals surface area contributed by atoms with Gasteiger partial charge in [-0.3, -0.25) is 0 Å². The topological polar surface area (TPSA) is 94.3 Å². The third kappa shape index (κ3) is 3.44. The van der Waals surface area contributed by atoms with E-state index >= 15 is 0 Å². The van der Waals surface area contributed by atoms with Gasteiger partial charge in [0.25, 0.3) is 5.88 Å². The Bertz CT molecular complexity index is 764. The van der Waals surface area contributed by atoms with Gasteiger partial charge in [-0.1, -0.05) is 0 Å². The number of ether oxygens (including phenoxy) is 1. The van der Waals surface area contributed by atoms with E-state index in [2.05, 4.69) is 4.98 Å². The van der Waals surface area contributed by atoms with Crippen LogP contribution in [0.4, 0.5) is 14.6 Å². The van der Waals surface area contributed by atoms with Gasteiger partial charge in [0, 0.05) is 12.3 Å². The fourth-order valence-corrected chi connectivity index (χ4v) is 2.12. The number of nitrogens with one attached hydrogen (secondary N) is 1. The number of benzene rings is 1. The molecule has 9 heteroatoms. The molecule has 112 valence electrons. The predicted octanol–water partition coefficient (Wildman–Crippen LogP) is 1.84. The van der Waals surface area contributed by atoms with Gasteiger partial charge >= 0.3 is 0 Å². The van der Waals surface area contributed by atoms with E-state index in [1.54, 1.807) is 0 Å². The summed E-state index contributed by atoms with van der Waals surface area (Å²) in [6, 6.07) is 5.83. The maximum atomic E-state index is 13.5. The minimum atomic E-state index is -3.34. The van der Waals surface area contributed by atoms with Crippen LogP contribution in [0.2, 0.25) is 0 Å². The Morgan fingerprint density at radius 3 is 2.33 bits per heavy atom. The van der Waals surface area contributed by atoms with Crippen LogP contribution < -0.4 is 16.0 Å². The van der Waals surface area contributed by atoms with Crippen molar-refractivity contribution in [2.75, 3.05) is 11.7 Å². The van der Waals surface area contributed by atoms with Crippen molar-refractivity contribution in [3.05, 3.63) is 42.0 Å². The number of nitrogen functional groups attached to an aromatic ring is 1. The SMILES string of the molecule is CS(=O)(=O)c1ccc(Oc2nc(NN)c(F)cc2F)cc1. The van der Waals surface area contributed by atoms with Crippen molar-refractivity contribution < 1.29 is 21.9 Å². The number of hydrazine groups is 1. The van der Waals surface area contributed by atoms with Gasteiger partial charge in [-0.2, -0.15) is 4.98 Å². The van der Waals surface area contributed by atoms with E-state index in [0.29, 0.717) is 6.07 Å². The monoisotopic (exact) mass is 315 g/mol. The zero-order valence-corrected chi connectivity index (χ0v) is 11.6. The molecule has 0 fully saturated rings. The first kappa shape index (κ1) is 15.1. The zero-order chi connectivity index (χ0) is 15.6. The number of rotatable bonds is 4. The highest BCUT2D eigenvalue weighted by atomic mass is 32.2. The van der Waals surface area contributed by atoms with Gasteiger partial charge in [0.15, 0.2) is 27.3 Å². The lowest BCUT2D eigenvalue weighted by Gasteiger charge is -2.08. The summed E-state index contributed by atoms with van der Waals surface area (Å²) in [5.41, 5.74) is 1.97. The standard InChI is InChI=1S/C12H11F2N3O3S/c1-21(18,19)8-4-2-7(3-5-8)20-12-10(14)6-9(13)11(16-12)17-15/h2-6H,15H2,1H3,(H,16,17). The molecule has 0 aliphatic heterocycles. The molecule has 0 saturated carbocycles. The summed E-state index contributed by atoms with van der Waals surface area (Å²) in [5.74, 6) is 2.33. The predicted molar refractivity (Wildman–Crippen MR) is 71.6 cm³/mol. The first-order valence-corrected chi connectivity index (χ1v) is 7.51. The second-order valence-corrected chi connectivity index (χ2v) is 6.11. The number of hydrogen-bond acceptors (Lipinski definition) is 6. The number of aromatic nitrogens is 1. The van der Waals surface area contributed by atoms with Gasteiger partial charge in [0.2, 0.25) is 0 Å². The number of halogens is 2. The summed E-state index contributed by atoms with van der Waals surface area (Å²) in [5, 5.41) is 0. The molecule has 0 atom stereocenters. The lowest BCUT2D eigenvalue weighted by Crippen LogP contribution is -2.11. The number of nitrogens with zero attached hydrogens (tertiary/aromatic N) is 1. The number of anilines is 1. The lowest BCUT2D eigenvalue weighted by molar-refractivity contribution is 0.417. The van der Waals surface area contributed by atoms with E-state index in [-0.39, 0.29) is 16.5 Å². The van der Waals surface area contributed by atoms with E-state index in [1.807, 2.05) is 5.43 Å². The van der Waals surface area contributed by atoms with Crippen molar-refractivity contribution >= 4 is 15.7 Å². The van der Waals surface area contributed by atoms with Crippen LogP contribution >= 0.6 is 0 Å². The Hall–Kier alpha value is -2.26. The number of pyridine rings is 1. The second-order valence-electron chi connectivity index (χ2n) is 4.10. The van der Waals surface area contributed by atoms with Crippen molar-refractivity contribution in [3.8, 4) is 11.6 Å². The van der Waals surface area contributed by atoms with Crippen LogP contribution in [0.15, 0.2) is 35.2 Å². The van der Waals surface area contributed by atoms with Crippen LogP contribution in [-0.4, -0.2) is 19.7 Å². The van der Waals surface area contributed by atoms with Gasteiger partial charge in [-0.25, -0.2) is 23.0 Å². The molecule has 6 nitrogen and oxygen atoms in total. The minimum absolute atomic E-state index is 0.0895. The van der Waals surface area contributed by atoms with E-state index in [4.69, 9.17) is 10.6 Å². The minimum Gasteiger partial charge on any atom is -0.436 e. The molecular formula is C12H11F2N3O3S. The Morgan fingerprint density at radius 1 is 1.19 bits per heavy atom. The zero-order valence-electron chi connectivity index (χ0n) is 10.8. The van der Waals surface area contributed by atoms with Crippen LogP contribution in [0.3, 0.4) is 0 Å². The fraction of sp³-hybridized carbons (Fsp3) is 0.0833. The third-order valence-electron chi connectivity index (χ3n) is 2.50. The summed E-state index contributed by atoms with van der Waals surface area (Å²) in [6.45, 7) is 0. The van der Waals surface area contributed by atoms with Crippen LogP contribution in [0.1, 0.15) is 0 Å². The van der Waals surface area contributed by atoms with Gasteiger partial charge < -0.3 is 10.2 Å². The van der Waals surface area contributed by atoms with E-state index < -0.39 is 27.4 Å². The maximum absolute atomic E-state index is 13.5. The number of nitrogens with two attached hydrogens (primary N) is 1. The van der Waals surface area contributed by atoms with Gasteiger partial charge in [-0.15, -0.1) is 0 Å². The fourth-order valence-electron chi connectivity index (χ4n) is 1.49. The molecule has 1 aromatic carbocycles. The Labute approximate surface area is 119 Å². The second kappa shape index (κ2) is 5.62. The molecule has 1 heterocycles. The maximum Gasteiger partial charge on any atom is 0.258 e. The van der Waals surface area contributed by atoms with Gasteiger partial charge in [-0.05, 0) is 24.3 Å². The molecule has 1 aromatic heterocycles. The van der Waals surface area contributed by atoms with Crippen LogP contribution in [0.5, 0.6) is 11.6 Å². The number of sulfone groups is 1. The molecule has 2 rings (SSSR count). The largest absolute Gasteiger partial charge is 0.436 e. The Balaban J connectivity index is 2.30. The van der Waals surface area contributed by atoms with E-state index in [1.165, 1.54) is 24.3 Å². The molecule has 0 aliphatic carbocycles. The first-order chi connectivity index (χ1) is 9.81. The van der Waals surface area contributed by atoms with Crippen molar-refractivity contribution in [1.29, 1.82) is 0 Å². The van der Waals surface area contributed by atoms with Gasteiger partial charge in [0.05, 0.1) is 4.90 Å². The highest BCUT2D eigenvalue weighted by Crippen LogP contribution is 2.26. The normalized spacial score (nSPS) is 11.2. The smallest absolute Gasteiger partial charge is 0.258 e. The summed E-state index contributed by atoms with van der Waals surface area (Å²) >= 11 is 0. The first-order valence-electron chi connectivity index (χ1n) is 5.62. The average molecular weight is 315 g/mol. The van der Waals surface area contributed by atoms with Crippen molar-refractivity contribution in [1.82, 2.24) is 4.98 Å². The highest BCUT2D eigenvalue weighted by Gasteiger charge is 2.14. The van der Waals surface area contributed by atoms with Crippen molar-refractivity contribution in [2.24, 2.45) is 5.84 Å². The molecule has 0 spiro atoms. The molecular weight excluding hydrogens is 304 g/mol. The summed E-state index contributed by atoms with van der Waals surface area (Å²) in [4.78, 5) is 3.62. The molecule has 2 aromatic rings. The van der Waals surface area contributed by atoms with Crippen molar-refractivity contribution in [3.63, 3.8) is 0 Å². The third-order valence-corrected chi connectivity index (χ3v) is 3.63. The molecule has 0 amide bonds. The molecule has 0 unspecified atom stereocenters. The van der Waals surface area contributed by atoms with Crippen LogP contribution in [0.25, 0.3) is 0 Å². The van der Waals surface area contributed by atoms with E-state index in [9.17, 15) is 17.2 Å². The molecule has 3 N–H and O–H groups in total. The Kier molecular flexibility index (Phi) is 4.05. The van der Waals surface area contributed by atoms with Crippen LogP contribution in [0, 0.1) is 11.6 Å². The summed E-state index contributed by atoms with van der Waals surface area (Å²) in [7, 11) is -3.34. The van der Waals surface area contributed by atoms with Gasteiger partial charge in [0.1, 0.15) is 5.75 Å². The summed E-state index contributed by atoms with van der Waals surface area (Å²) < 4.78 is 54.4. The van der Waals surface area contributed by atoms with E-state index in [0.717, 1.165) is 6.26 Å². The average Bonchev–Trinajstić information content (AvgIpc) is 2.41. The molecule has 0 aliphatic rings. The summed E-state index contributed by atoms with van der Waals surface area (Å²) in [6.07, 6.45) is 1.06. The van der Waals surface area contributed by atoms with Crippen LogP contribution in [-0.2, 0) is 9.84 Å². The quantitative estimate of drug-likeness (QED) is 0.660. The highest BCUT2D eigenvalue weighted by molar-refractivity contribution is 7.90.